The van der Waals surface area contributed by atoms with Crippen LogP contribution in [-0.4, -0.2) is 35.4 Å². The van der Waals surface area contributed by atoms with Gasteiger partial charge in [0.15, 0.2) is 0 Å². The van der Waals surface area contributed by atoms with Gasteiger partial charge >= 0.3 is 0 Å². The summed E-state index contributed by atoms with van der Waals surface area (Å²) in [6, 6.07) is 12.0. The van der Waals surface area contributed by atoms with Gasteiger partial charge < -0.3 is 14.7 Å². The summed E-state index contributed by atoms with van der Waals surface area (Å²) in [5.74, 6) is -1.03. The zero-order valence-corrected chi connectivity index (χ0v) is 18.9. The number of unbranched alkanes of at least 4 members (excludes halogenated alkanes) is 2. The van der Waals surface area contributed by atoms with E-state index in [0.717, 1.165) is 36.8 Å². The first kappa shape index (κ1) is 22.9. The predicted molar refractivity (Wildman–Crippen MR) is 122 cm³/mol. The summed E-state index contributed by atoms with van der Waals surface area (Å²) in [6.07, 6.45) is 3.64. The monoisotopic (exact) mass is 441 g/mol. The number of aliphatic hydroxyl groups excluding tert-OH is 1. The molecule has 1 saturated heterocycles. The van der Waals surface area contributed by atoms with Crippen LogP contribution >= 0.6 is 11.6 Å². The van der Waals surface area contributed by atoms with Crippen LogP contribution in [0.5, 0.6) is 5.75 Å². The zero-order valence-electron chi connectivity index (χ0n) is 18.2. The molecule has 2 aromatic rings. The SMILES string of the molecule is CCCCCN1C(=O)C(=O)/C(=C(\O)c2ccc(OC)c(Cl)c2)C1c1ccc(CC)cc1. The van der Waals surface area contributed by atoms with Crippen LogP contribution in [0.3, 0.4) is 0 Å². The molecule has 1 N–H and O–H groups in total. The number of rotatable bonds is 8. The maximum Gasteiger partial charge on any atom is 0.295 e. The lowest BCUT2D eigenvalue weighted by Crippen LogP contribution is -2.30. The summed E-state index contributed by atoms with van der Waals surface area (Å²) in [5, 5.41) is 11.4. The highest BCUT2D eigenvalue weighted by Crippen LogP contribution is 2.40. The molecule has 0 spiro atoms. The Balaban J connectivity index is 2.11. The van der Waals surface area contributed by atoms with Crippen LogP contribution in [0.2, 0.25) is 5.02 Å². The lowest BCUT2D eigenvalue weighted by Gasteiger charge is -2.25. The molecule has 0 aliphatic carbocycles. The van der Waals surface area contributed by atoms with Gasteiger partial charge in [0, 0.05) is 12.1 Å². The number of Topliss-reactive ketones (excluding diaryl/α,β-unsaturated/α-hetero) is 1. The van der Waals surface area contributed by atoms with Gasteiger partial charge in [0.05, 0.1) is 23.7 Å². The molecular weight excluding hydrogens is 414 g/mol. The van der Waals surface area contributed by atoms with Crippen molar-refractivity contribution in [1.82, 2.24) is 4.90 Å². The quantitative estimate of drug-likeness (QED) is 0.253. The van der Waals surface area contributed by atoms with Crippen LogP contribution < -0.4 is 4.74 Å². The number of aryl methyl sites for hydroxylation is 1. The largest absolute Gasteiger partial charge is 0.507 e. The van der Waals surface area contributed by atoms with Crippen molar-refractivity contribution < 1.29 is 19.4 Å². The molecule has 164 valence electrons. The van der Waals surface area contributed by atoms with Crippen LogP contribution in [0.25, 0.3) is 5.76 Å². The topological polar surface area (TPSA) is 66.8 Å². The highest BCUT2D eigenvalue weighted by molar-refractivity contribution is 6.46. The number of nitrogens with zero attached hydrogens (tertiary/aromatic N) is 1. The van der Waals surface area contributed by atoms with Crippen molar-refractivity contribution in [2.75, 3.05) is 13.7 Å². The number of halogens is 1. The van der Waals surface area contributed by atoms with Gasteiger partial charge in [-0.3, -0.25) is 9.59 Å². The van der Waals surface area contributed by atoms with Crippen molar-refractivity contribution in [1.29, 1.82) is 0 Å². The van der Waals surface area contributed by atoms with Gasteiger partial charge in [0.2, 0.25) is 0 Å². The van der Waals surface area contributed by atoms with Gasteiger partial charge in [0.1, 0.15) is 11.5 Å². The molecule has 5 nitrogen and oxygen atoms in total. The Morgan fingerprint density at radius 3 is 2.39 bits per heavy atom. The molecule has 1 amide bonds. The van der Waals surface area contributed by atoms with Crippen LogP contribution in [-0.2, 0) is 16.0 Å². The number of amides is 1. The van der Waals surface area contributed by atoms with Gasteiger partial charge in [-0.2, -0.15) is 0 Å². The van der Waals surface area contributed by atoms with Gasteiger partial charge in [-0.1, -0.05) is 62.6 Å². The summed E-state index contributed by atoms with van der Waals surface area (Å²) in [5.41, 5.74) is 2.42. The number of hydrogen-bond acceptors (Lipinski definition) is 4. The molecule has 0 radical (unpaired) electrons. The fourth-order valence-electron chi connectivity index (χ4n) is 3.89. The zero-order chi connectivity index (χ0) is 22.5. The number of aliphatic hydroxyl groups is 1. The lowest BCUT2D eigenvalue weighted by atomic mass is 9.94. The summed E-state index contributed by atoms with van der Waals surface area (Å²) in [7, 11) is 1.50. The van der Waals surface area contributed by atoms with Gasteiger partial charge in [-0.25, -0.2) is 0 Å². The summed E-state index contributed by atoms with van der Waals surface area (Å²) in [6.45, 7) is 4.61. The minimum Gasteiger partial charge on any atom is -0.507 e. The molecule has 3 rings (SSSR count). The molecule has 1 aliphatic rings. The Bertz CT molecular complexity index is 997. The van der Waals surface area contributed by atoms with Gasteiger partial charge in [-0.05, 0) is 42.2 Å². The van der Waals surface area contributed by atoms with Crippen molar-refractivity contribution in [2.24, 2.45) is 0 Å². The van der Waals surface area contributed by atoms with Crippen molar-refractivity contribution in [3.05, 3.63) is 69.8 Å². The first-order chi connectivity index (χ1) is 14.9. The Labute approximate surface area is 188 Å². The number of carbonyl (C=O) groups is 2. The number of likely N-dealkylation sites (tertiary alicyclic amines) is 1. The third-order valence-electron chi connectivity index (χ3n) is 5.67. The molecule has 1 atom stereocenters. The van der Waals surface area contributed by atoms with Crippen LogP contribution in [0.1, 0.15) is 55.8 Å². The molecule has 1 heterocycles. The first-order valence-corrected chi connectivity index (χ1v) is 11.0. The minimum atomic E-state index is -0.675. The van der Waals surface area contributed by atoms with E-state index in [2.05, 4.69) is 13.8 Å². The van der Waals surface area contributed by atoms with E-state index < -0.39 is 17.7 Å². The molecule has 2 aromatic carbocycles. The van der Waals surface area contributed by atoms with Crippen molar-refractivity contribution in [2.45, 2.75) is 45.6 Å². The molecule has 31 heavy (non-hydrogen) atoms. The first-order valence-electron chi connectivity index (χ1n) is 10.6. The van der Waals surface area contributed by atoms with Crippen LogP contribution in [0, 0.1) is 0 Å². The number of methoxy groups -OCH3 is 1. The molecule has 1 aliphatic heterocycles. The molecular formula is C25H28ClNO4. The highest BCUT2D eigenvalue weighted by atomic mass is 35.5. The second kappa shape index (κ2) is 10.0. The van der Waals surface area contributed by atoms with Crippen molar-refractivity contribution in [3.8, 4) is 5.75 Å². The maximum absolute atomic E-state index is 13.0. The summed E-state index contributed by atoms with van der Waals surface area (Å²) < 4.78 is 5.17. The average molecular weight is 442 g/mol. The van der Waals surface area contributed by atoms with E-state index in [-0.39, 0.29) is 11.3 Å². The molecule has 1 unspecified atom stereocenters. The Morgan fingerprint density at radius 2 is 1.81 bits per heavy atom. The van der Waals surface area contributed by atoms with Gasteiger partial charge in [0.25, 0.3) is 11.7 Å². The van der Waals surface area contributed by atoms with E-state index in [4.69, 9.17) is 16.3 Å². The third kappa shape index (κ3) is 4.62. The normalized spacial score (nSPS) is 17.9. The summed E-state index contributed by atoms with van der Waals surface area (Å²) >= 11 is 6.22. The highest BCUT2D eigenvalue weighted by Gasteiger charge is 2.45. The maximum atomic E-state index is 13.0. The average Bonchev–Trinajstić information content (AvgIpc) is 3.03. The lowest BCUT2D eigenvalue weighted by molar-refractivity contribution is -0.139. The molecule has 1 fully saturated rings. The fourth-order valence-corrected chi connectivity index (χ4v) is 4.15. The van der Waals surface area contributed by atoms with E-state index >= 15 is 0 Å². The predicted octanol–water partition coefficient (Wildman–Crippen LogP) is 5.52. The van der Waals surface area contributed by atoms with E-state index in [1.165, 1.54) is 13.2 Å². The molecule has 0 saturated carbocycles. The van der Waals surface area contributed by atoms with Crippen molar-refractivity contribution >= 4 is 29.1 Å². The van der Waals surface area contributed by atoms with E-state index in [1.54, 1.807) is 17.0 Å². The van der Waals surface area contributed by atoms with Crippen molar-refractivity contribution in [3.63, 3.8) is 0 Å². The van der Waals surface area contributed by atoms with E-state index in [1.807, 2.05) is 24.3 Å². The number of carbonyl (C=O) groups excluding carboxylic acids is 2. The Morgan fingerprint density at radius 1 is 1.10 bits per heavy atom. The number of ketones is 1. The standard InChI is InChI=1S/C25H28ClNO4/c1-4-6-7-14-27-22(17-10-8-16(5-2)9-11-17)21(24(29)25(27)30)23(28)18-12-13-20(31-3)19(26)15-18/h8-13,15,22,28H,4-7,14H2,1-3H3/b23-21-. The molecule has 6 heteroatoms. The molecule has 0 bridgehead atoms. The second-order valence-electron chi connectivity index (χ2n) is 7.64. The smallest absolute Gasteiger partial charge is 0.295 e. The number of benzene rings is 2. The minimum absolute atomic E-state index is 0.0898. The summed E-state index contributed by atoms with van der Waals surface area (Å²) in [4.78, 5) is 27.5. The van der Waals surface area contributed by atoms with E-state index in [0.29, 0.717) is 22.9 Å². The van der Waals surface area contributed by atoms with E-state index in [9.17, 15) is 14.7 Å². The number of ether oxygens (including phenoxy) is 1. The Kier molecular flexibility index (Phi) is 7.39. The Hall–Kier alpha value is -2.79. The fraction of sp³-hybridized carbons (Fsp3) is 0.360. The van der Waals surface area contributed by atoms with Crippen LogP contribution in [0.15, 0.2) is 48.0 Å². The van der Waals surface area contributed by atoms with Crippen LogP contribution in [0.4, 0.5) is 0 Å². The number of hydrogen-bond donors (Lipinski definition) is 1. The second-order valence-corrected chi connectivity index (χ2v) is 8.05. The third-order valence-corrected chi connectivity index (χ3v) is 5.97. The molecule has 0 aromatic heterocycles. The van der Waals surface area contributed by atoms with Gasteiger partial charge in [-0.15, -0.1) is 0 Å².